The number of nitrogens with one attached hydrogen (secondary N) is 2. The lowest BCUT2D eigenvalue weighted by molar-refractivity contribution is -0.116. The molecule has 8 heteroatoms. The molecule has 0 saturated carbocycles. The van der Waals surface area contributed by atoms with Crippen molar-refractivity contribution < 1.29 is 14.3 Å². The van der Waals surface area contributed by atoms with Crippen LogP contribution in [0, 0.1) is 0 Å². The quantitative estimate of drug-likeness (QED) is 0.251. The lowest BCUT2D eigenvalue weighted by atomic mass is 9.92. The highest BCUT2D eigenvalue weighted by Gasteiger charge is 2.24. The fourth-order valence-electron chi connectivity index (χ4n) is 4.60. The van der Waals surface area contributed by atoms with Crippen LogP contribution in [0.3, 0.4) is 0 Å². The minimum atomic E-state index is -0.285. The Bertz CT molecular complexity index is 1290. The molecule has 0 spiro atoms. The first-order valence-electron chi connectivity index (χ1n) is 14.6. The van der Waals surface area contributed by atoms with Gasteiger partial charge >= 0.3 is 6.03 Å². The van der Waals surface area contributed by atoms with Crippen LogP contribution < -0.4 is 15.4 Å². The van der Waals surface area contributed by atoms with Crippen LogP contribution in [0.15, 0.2) is 48.5 Å². The van der Waals surface area contributed by atoms with E-state index in [1.807, 2.05) is 36.4 Å². The van der Waals surface area contributed by atoms with Gasteiger partial charge in [0.25, 0.3) is 0 Å². The van der Waals surface area contributed by atoms with E-state index in [1.54, 1.807) is 16.7 Å². The van der Waals surface area contributed by atoms with Crippen molar-refractivity contribution in [2.24, 2.45) is 0 Å². The van der Waals surface area contributed by atoms with Crippen LogP contribution in [0.4, 0.5) is 16.3 Å². The number of unbranched alkanes of at least 4 members (excludes halogenated alkanes) is 1. The van der Waals surface area contributed by atoms with Crippen molar-refractivity contribution in [3.8, 4) is 11.4 Å². The van der Waals surface area contributed by atoms with Gasteiger partial charge in [-0.2, -0.15) is 5.10 Å². The maximum absolute atomic E-state index is 13.6. The molecule has 41 heavy (non-hydrogen) atoms. The zero-order valence-electron chi connectivity index (χ0n) is 26.2. The number of rotatable bonds is 11. The van der Waals surface area contributed by atoms with Crippen molar-refractivity contribution in [2.45, 2.75) is 85.5 Å². The molecule has 0 bridgehead atoms. The lowest BCUT2D eigenvalue weighted by Gasteiger charge is -2.26. The number of ether oxygens (including phenoxy) is 1. The Morgan fingerprint density at radius 2 is 1.59 bits per heavy atom. The van der Waals surface area contributed by atoms with E-state index >= 15 is 0 Å². The van der Waals surface area contributed by atoms with E-state index < -0.39 is 0 Å². The molecule has 1 heterocycles. The van der Waals surface area contributed by atoms with Gasteiger partial charge in [-0.25, -0.2) is 9.48 Å². The number of methoxy groups -OCH3 is 1. The summed E-state index contributed by atoms with van der Waals surface area (Å²) in [6.45, 7) is 17.2. The van der Waals surface area contributed by atoms with E-state index in [-0.39, 0.29) is 35.7 Å². The summed E-state index contributed by atoms with van der Waals surface area (Å²) >= 11 is 0. The number of nitrogens with zero attached hydrogens (tertiary/aromatic N) is 3. The highest BCUT2D eigenvalue weighted by molar-refractivity contribution is 5.97. The normalized spacial score (nSPS) is 11.6. The number of carbonyl (C=O) groups excluding carboxylic acids is 2. The Morgan fingerprint density at radius 3 is 2.10 bits per heavy atom. The third kappa shape index (κ3) is 8.12. The number of amides is 3. The summed E-state index contributed by atoms with van der Waals surface area (Å²) in [5, 5.41) is 11.0. The smallest absolute Gasteiger partial charge is 0.322 e. The Kier molecular flexibility index (Phi) is 10.6. The molecule has 0 unspecified atom stereocenters. The van der Waals surface area contributed by atoms with Gasteiger partial charge in [-0.1, -0.05) is 80.0 Å². The third-order valence-corrected chi connectivity index (χ3v) is 7.07. The Balaban J connectivity index is 1.88. The van der Waals surface area contributed by atoms with Crippen LogP contribution in [0.1, 0.15) is 96.9 Å². The Morgan fingerprint density at radius 1 is 0.976 bits per heavy atom. The number of anilines is 2. The number of benzene rings is 2. The summed E-state index contributed by atoms with van der Waals surface area (Å²) in [7, 11) is 1.62. The van der Waals surface area contributed by atoms with Gasteiger partial charge in [0.1, 0.15) is 18.1 Å². The molecule has 0 aliphatic carbocycles. The summed E-state index contributed by atoms with van der Waals surface area (Å²) < 4.78 is 7.02. The molecule has 0 aliphatic heterocycles. The van der Waals surface area contributed by atoms with E-state index in [0.717, 1.165) is 46.8 Å². The number of hydrogen-bond acceptors (Lipinski definition) is 4. The standard InChI is InChI=1S/C33H47N5O3/c1-10-11-19-37(32(40)35-31-26(22(2)3)13-12-14-27(31)23(4)5)21-30(39)34-29-20-28(33(6,7)8)36-38(29)24-15-17-25(41-9)18-16-24/h12-18,20,22-23H,10-11,19,21H2,1-9H3,(H,34,39)(H,35,40). The molecule has 3 amide bonds. The first-order chi connectivity index (χ1) is 19.3. The average Bonchev–Trinajstić information content (AvgIpc) is 3.35. The molecule has 0 fully saturated rings. The minimum Gasteiger partial charge on any atom is -0.497 e. The zero-order valence-corrected chi connectivity index (χ0v) is 26.2. The molecule has 0 saturated heterocycles. The number of urea groups is 1. The molecule has 3 rings (SSSR count). The number of carbonyl (C=O) groups is 2. The molecular formula is C33H47N5O3. The van der Waals surface area contributed by atoms with Gasteiger partial charge in [-0.3, -0.25) is 4.79 Å². The molecule has 222 valence electrons. The van der Waals surface area contributed by atoms with E-state index in [4.69, 9.17) is 9.84 Å². The molecule has 2 N–H and O–H groups in total. The predicted molar refractivity (Wildman–Crippen MR) is 168 cm³/mol. The number of para-hydroxylation sites is 1. The fourth-order valence-corrected chi connectivity index (χ4v) is 4.60. The fraction of sp³-hybridized carbons (Fsp3) is 0.485. The molecule has 2 aromatic carbocycles. The number of hydrogen-bond donors (Lipinski definition) is 2. The average molecular weight is 562 g/mol. The second-order valence-electron chi connectivity index (χ2n) is 12.1. The van der Waals surface area contributed by atoms with Crippen molar-refractivity contribution in [3.63, 3.8) is 0 Å². The topological polar surface area (TPSA) is 88.5 Å². The predicted octanol–water partition coefficient (Wildman–Crippen LogP) is 7.70. The van der Waals surface area contributed by atoms with Gasteiger partial charge in [-0.15, -0.1) is 0 Å². The van der Waals surface area contributed by atoms with Gasteiger partial charge < -0.3 is 20.3 Å². The van der Waals surface area contributed by atoms with Crippen LogP contribution >= 0.6 is 0 Å². The number of aromatic nitrogens is 2. The van der Waals surface area contributed by atoms with Crippen LogP contribution in [-0.4, -0.2) is 46.8 Å². The molecule has 0 aliphatic rings. The van der Waals surface area contributed by atoms with E-state index in [2.05, 4.69) is 78.2 Å². The third-order valence-electron chi connectivity index (χ3n) is 7.07. The van der Waals surface area contributed by atoms with E-state index in [0.29, 0.717) is 12.4 Å². The summed E-state index contributed by atoms with van der Waals surface area (Å²) in [4.78, 5) is 28.7. The zero-order chi connectivity index (χ0) is 30.3. The Labute approximate surface area is 245 Å². The maximum atomic E-state index is 13.6. The maximum Gasteiger partial charge on any atom is 0.322 e. The lowest BCUT2D eigenvalue weighted by Crippen LogP contribution is -2.41. The van der Waals surface area contributed by atoms with Crippen LogP contribution in [0.25, 0.3) is 5.69 Å². The second-order valence-corrected chi connectivity index (χ2v) is 12.1. The molecule has 0 radical (unpaired) electrons. The minimum absolute atomic E-state index is 0.0780. The molecule has 1 aromatic heterocycles. The van der Waals surface area contributed by atoms with Gasteiger partial charge in [0, 0.05) is 23.7 Å². The SMILES string of the molecule is CCCCN(CC(=O)Nc1cc(C(C)(C)C)nn1-c1ccc(OC)cc1)C(=O)Nc1c(C(C)C)cccc1C(C)C. The molecule has 0 atom stereocenters. The van der Waals surface area contributed by atoms with Gasteiger partial charge in [-0.05, 0) is 53.6 Å². The van der Waals surface area contributed by atoms with E-state index in [1.165, 1.54) is 0 Å². The van der Waals surface area contributed by atoms with Crippen molar-refractivity contribution in [3.05, 3.63) is 65.4 Å². The Hall–Kier alpha value is -3.81. The second kappa shape index (κ2) is 13.7. The largest absolute Gasteiger partial charge is 0.497 e. The van der Waals surface area contributed by atoms with Gasteiger partial charge in [0.05, 0.1) is 18.5 Å². The summed E-state index contributed by atoms with van der Waals surface area (Å²) in [6.07, 6.45) is 1.70. The molecule has 3 aromatic rings. The van der Waals surface area contributed by atoms with Gasteiger partial charge in [0.2, 0.25) is 5.91 Å². The van der Waals surface area contributed by atoms with Crippen LogP contribution in [0.2, 0.25) is 0 Å². The molecular weight excluding hydrogens is 514 g/mol. The van der Waals surface area contributed by atoms with Crippen LogP contribution in [-0.2, 0) is 10.2 Å². The van der Waals surface area contributed by atoms with Gasteiger partial charge in [0.15, 0.2) is 0 Å². The van der Waals surface area contributed by atoms with E-state index in [9.17, 15) is 9.59 Å². The van der Waals surface area contributed by atoms with Crippen molar-refractivity contribution in [2.75, 3.05) is 30.8 Å². The highest BCUT2D eigenvalue weighted by atomic mass is 16.5. The monoisotopic (exact) mass is 561 g/mol. The van der Waals surface area contributed by atoms with Crippen molar-refractivity contribution in [1.29, 1.82) is 0 Å². The van der Waals surface area contributed by atoms with Crippen molar-refractivity contribution in [1.82, 2.24) is 14.7 Å². The first-order valence-corrected chi connectivity index (χ1v) is 14.6. The summed E-state index contributed by atoms with van der Waals surface area (Å²) in [5.41, 5.74) is 4.43. The van der Waals surface area contributed by atoms with Crippen molar-refractivity contribution >= 4 is 23.4 Å². The highest BCUT2D eigenvalue weighted by Crippen LogP contribution is 2.33. The first kappa shape index (κ1) is 31.7. The van der Waals surface area contributed by atoms with Crippen LogP contribution in [0.5, 0.6) is 5.75 Å². The molecule has 8 nitrogen and oxygen atoms in total. The summed E-state index contributed by atoms with van der Waals surface area (Å²) in [6, 6.07) is 15.3. The summed E-state index contributed by atoms with van der Waals surface area (Å²) in [5.74, 6) is 1.49.